The molecule has 2 heterocycles. The average molecular weight is 470 g/mol. The smallest absolute Gasteiger partial charge is 0.274 e. The van der Waals surface area contributed by atoms with E-state index in [-0.39, 0.29) is 40.8 Å². The number of amides is 1. The van der Waals surface area contributed by atoms with Gasteiger partial charge in [-0.15, -0.1) is 0 Å². The second-order valence-electron chi connectivity index (χ2n) is 7.66. The zero-order valence-electron chi connectivity index (χ0n) is 19.0. The zero-order valence-corrected chi connectivity index (χ0v) is 19.8. The highest BCUT2D eigenvalue weighted by molar-refractivity contribution is 7.92. The van der Waals surface area contributed by atoms with Crippen LogP contribution in [0.3, 0.4) is 0 Å². The van der Waals surface area contributed by atoms with Crippen LogP contribution in [-0.4, -0.2) is 46.8 Å². The van der Waals surface area contributed by atoms with Gasteiger partial charge in [-0.05, 0) is 45.9 Å². The van der Waals surface area contributed by atoms with Crippen molar-refractivity contribution >= 4 is 21.7 Å². The van der Waals surface area contributed by atoms with E-state index in [1.165, 1.54) is 18.3 Å². The van der Waals surface area contributed by atoms with E-state index in [9.17, 15) is 13.2 Å². The molecule has 2 aromatic heterocycles. The van der Waals surface area contributed by atoms with Gasteiger partial charge in [0.2, 0.25) is 5.82 Å². The fourth-order valence-corrected chi connectivity index (χ4v) is 4.08. The normalized spacial score (nSPS) is 11.3. The highest BCUT2D eigenvalue weighted by Gasteiger charge is 2.23. The van der Waals surface area contributed by atoms with E-state index >= 15 is 0 Å². The number of sulfonamides is 1. The van der Waals surface area contributed by atoms with E-state index in [0.29, 0.717) is 6.54 Å². The molecule has 10 heteroatoms. The molecule has 0 spiro atoms. The van der Waals surface area contributed by atoms with Crippen molar-refractivity contribution < 1.29 is 17.9 Å². The monoisotopic (exact) mass is 469 g/mol. The number of hydrogen-bond donors (Lipinski definition) is 1. The first-order chi connectivity index (χ1) is 15.7. The lowest BCUT2D eigenvalue weighted by Crippen LogP contribution is -2.37. The number of ether oxygens (including phenoxy) is 1. The van der Waals surface area contributed by atoms with Gasteiger partial charge in [0, 0.05) is 30.5 Å². The van der Waals surface area contributed by atoms with Gasteiger partial charge in [-0.1, -0.05) is 23.8 Å². The molecule has 9 nitrogen and oxygen atoms in total. The summed E-state index contributed by atoms with van der Waals surface area (Å²) in [5.41, 5.74) is 1.74. The molecule has 3 aromatic rings. The highest BCUT2D eigenvalue weighted by Crippen LogP contribution is 2.25. The molecule has 1 aromatic carbocycles. The van der Waals surface area contributed by atoms with Crippen LogP contribution < -0.4 is 9.46 Å². The summed E-state index contributed by atoms with van der Waals surface area (Å²) < 4.78 is 34.0. The molecule has 0 fully saturated rings. The van der Waals surface area contributed by atoms with E-state index in [1.54, 1.807) is 35.5 Å². The van der Waals surface area contributed by atoms with E-state index in [1.807, 2.05) is 33.8 Å². The van der Waals surface area contributed by atoms with E-state index < -0.39 is 10.0 Å². The summed E-state index contributed by atoms with van der Waals surface area (Å²) in [6, 6.07) is 9.93. The lowest BCUT2D eigenvalue weighted by Gasteiger charge is -2.24. The number of aryl methyl sites for hydroxylation is 1. The molecule has 0 aliphatic heterocycles. The van der Waals surface area contributed by atoms with Crippen molar-refractivity contribution in [2.24, 2.45) is 0 Å². The number of aromatic nitrogens is 3. The third kappa shape index (κ3) is 6.04. The van der Waals surface area contributed by atoms with Crippen molar-refractivity contribution in [1.82, 2.24) is 19.9 Å². The minimum atomic E-state index is -3.94. The van der Waals surface area contributed by atoms with Crippen LogP contribution in [0.25, 0.3) is 0 Å². The van der Waals surface area contributed by atoms with Gasteiger partial charge in [0.1, 0.15) is 6.61 Å². The van der Waals surface area contributed by atoms with Crippen LogP contribution in [0.2, 0.25) is 0 Å². The average Bonchev–Trinajstić information content (AvgIpc) is 2.79. The predicted octanol–water partition coefficient (Wildman–Crippen LogP) is 3.43. The molecule has 0 saturated carbocycles. The molecule has 1 N–H and O–H groups in total. The van der Waals surface area contributed by atoms with Crippen molar-refractivity contribution in [1.29, 1.82) is 0 Å². The molecule has 0 bridgehead atoms. The molecule has 0 radical (unpaired) electrons. The van der Waals surface area contributed by atoms with Gasteiger partial charge in [-0.25, -0.2) is 18.4 Å². The Kier molecular flexibility index (Phi) is 7.59. The molecule has 174 valence electrons. The fraction of sp³-hybridized carbons (Fsp3) is 0.304. The van der Waals surface area contributed by atoms with Crippen LogP contribution in [0.15, 0.2) is 59.9 Å². The van der Waals surface area contributed by atoms with E-state index in [4.69, 9.17) is 4.74 Å². The first kappa shape index (κ1) is 24.1. The Bertz CT molecular complexity index is 1200. The Morgan fingerprint density at radius 1 is 1.15 bits per heavy atom. The van der Waals surface area contributed by atoms with Crippen molar-refractivity contribution in [3.05, 3.63) is 71.8 Å². The first-order valence-electron chi connectivity index (χ1n) is 10.5. The maximum absolute atomic E-state index is 12.9. The number of hydrogen-bond acceptors (Lipinski definition) is 7. The topological polar surface area (TPSA) is 114 Å². The maximum atomic E-state index is 12.9. The first-order valence-corrected chi connectivity index (χ1v) is 12.0. The molecule has 0 aliphatic carbocycles. The standard InChI is InChI=1S/C23H27N5O4S/c1-5-28(16(2)3)23(29)20-14-25-21(22(26-20)32-15-18-7-6-12-24-13-18)27-33(30,31)19-10-8-17(4)9-11-19/h6-14,16H,5,15H2,1-4H3,(H,25,27). The Hall–Kier alpha value is -3.53. The third-order valence-corrected chi connectivity index (χ3v) is 6.20. The number of nitrogens with zero attached hydrogens (tertiary/aromatic N) is 4. The van der Waals surface area contributed by atoms with Gasteiger partial charge in [0.15, 0.2) is 5.69 Å². The minimum Gasteiger partial charge on any atom is -0.470 e. The second kappa shape index (κ2) is 10.4. The number of nitrogens with one attached hydrogen (secondary N) is 1. The van der Waals surface area contributed by atoms with Crippen molar-refractivity contribution in [3.63, 3.8) is 0 Å². The molecule has 0 atom stereocenters. The van der Waals surface area contributed by atoms with Gasteiger partial charge in [0.25, 0.3) is 21.8 Å². The number of pyridine rings is 1. The molecule has 3 rings (SSSR count). The number of benzene rings is 1. The molecule has 0 saturated heterocycles. The lowest BCUT2D eigenvalue weighted by molar-refractivity contribution is 0.0709. The SMILES string of the molecule is CCN(C(=O)c1cnc(NS(=O)(=O)c2ccc(C)cc2)c(OCc2cccnc2)n1)C(C)C. The van der Waals surface area contributed by atoms with Crippen molar-refractivity contribution in [2.75, 3.05) is 11.3 Å². The van der Waals surface area contributed by atoms with Crippen LogP contribution >= 0.6 is 0 Å². The third-order valence-electron chi connectivity index (χ3n) is 4.85. The van der Waals surface area contributed by atoms with Crippen molar-refractivity contribution in [3.8, 4) is 5.88 Å². The molecular weight excluding hydrogens is 442 g/mol. The molecule has 0 aliphatic rings. The summed E-state index contributed by atoms with van der Waals surface area (Å²) in [4.78, 5) is 27.1. The summed E-state index contributed by atoms with van der Waals surface area (Å²) in [5, 5.41) is 0. The Balaban J connectivity index is 1.95. The molecule has 33 heavy (non-hydrogen) atoms. The van der Waals surface area contributed by atoms with E-state index in [2.05, 4.69) is 19.7 Å². The fourth-order valence-electron chi connectivity index (χ4n) is 3.08. The van der Waals surface area contributed by atoms with Gasteiger partial charge in [0.05, 0.1) is 11.1 Å². The van der Waals surface area contributed by atoms with Crippen LogP contribution in [0.4, 0.5) is 5.82 Å². The number of carbonyl (C=O) groups excluding carboxylic acids is 1. The minimum absolute atomic E-state index is 0.0382. The predicted molar refractivity (Wildman–Crippen MR) is 124 cm³/mol. The molecule has 0 unspecified atom stereocenters. The summed E-state index contributed by atoms with van der Waals surface area (Å²) in [6.45, 7) is 8.10. The molecular formula is C23H27N5O4S. The van der Waals surface area contributed by atoms with E-state index in [0.717, 1.165) is 11.1 Å². The Labute approximate surface area is 193 Å². The zero-order chi connectivity index (χ0) is 24.0. The van der Waals surface area contributed by atoms with Gasteiger partial charge >= 0.3 is 0 Å². The van der Waals surface area contributed by atoms with Gasteiger partial charge < -0.3 is 9.64 Å². The summed E-state index contributed by atoms with van der Waals surface area (Å²) >= 11 is 0. The van der Waals surface area contributed by atoms with Crippen LogP contribution in [0.1, 0.15) is 42.4 Å². The molecule has 1 amide bonds. The van der Waals surface area contributed by atoms with Crippen LogP contribution in [0.5, 0.6) is 5.88 Å². The lowest BCUT2D eigenvalue weighted by atomic mass is 10.2. The Morgan fingerprint density at radius 3 is 2.48 bits per heavy atom. The van der Waals surface area contributed by atoms with Crippen LogP contribution in [-0.2, 0) is 16.6 Å². The van der Waals surface area contributed by atoms with Crippen LogP contribution in [0, 0.1) is 6.92 Å². The van der Waals surface area contributed by atoms with Gasteiger partial charge in [-0.2, -0.15) is 0 Å². The summed E-state index contributed by atoms with van der Waals surface area (Å²) in [6.07, 6.45) is 4.50. The number of rotatable bonds is 9. The highest BCUT2D eigenvalue weighted by atomic mass is 32.2. The largest absolute Gasteiger partial charge is 0.470 e. The quantitative estimate of drug-likeness (QED) is 0.511. The maximum Gasteiger partial charge on any atom is 0.274 e. The number of anilines is 1. The summed E-state index contributed by atoms with van der Waals surface area (Å²) in [5.74, 6) is -0.525. The second-order valence-corrected chi connectivity index (χ2v) is 9.34. The number of carbonyl (C=O) groups is 1. The summed E-state index contributed by atoms with van der Waals surface area (Å²) in [7, 11) is -3.94. The van der Waals surface area contributed by atoms with Crippen molar-refractivity contribution in [2.45, 2.75) is 45.2 Å². The van der Waals surface area contributed by atoms with Gasteiger partial charge in [-0.3, -0.25) is 14.5 Å². The Morgan fingerprint density at radius 2 is 1.88 bits per heavy atom.